The number of hydrogen-bond donors (Lipinski definition) is 3. The molecule has 1 aromatic rings. The molecule has 1 amide bonds. The van der Waals surface area contributed by atoms with Gasteiger partial charge in [-0.15, -0.1) is 0 Å². The number of carboxylic acid groups (broad SMARTS) is 1. The number of nitrogens with zero attached hydrogens (tertiary/aromatic N) is 1. The Morgan fingerprint density at radius 1 is 1.45 bits per heavy atom. The molecular formula is C14H15N3O3. The summed E-state index contributed by atoms with van der Waals surface area (Å²) in [6, 6.07) is 8.06. The highest BCUT2D eigenvalue weighted by atomic mass is 16.4. The Balaban J connectivity index is 2.75. The molecule has 1 unspecified atom stereocenters. The maximum absolute atomic E-state index is 11.7. The standard InChI is InChI=1S/C14H15N3O3/c1-9-4-3-5-12(6-9)16-8-11(7-15)13(18)17-10(2)14(19)20/h3-6,8,10,16H,1-2H3,(H,17,18)(H,19,20)/b11-8-. The van der Waals surface area contributed by atoms with Crippen LogP contribution in [0.3, 0.4) is 0 Å². The van der Waals surface area contributed by atoms with Gasteiger partial charge in [0.1, 0.15) is 17.7 Å². The maximum Gasteiger partial charge on any atom is 0.325 e. The van der Waals surface area contributed by atoms with Crippen LogP contribution in [-0.2, 0) is 9.59 Å². The third-order valence-electron chi connectivity index (χ3n) is 2.48. The summed E-state index contributed by atoms with van der Waals surface area (Å²) >= 11 is 0. The molecule has 0 bridgehead atoms. The second-order valence-electron chi connectivity index (χ2n) is 4.22. The first-order chi connectivity index (χ1) is 9.43. The van der Waals surface area contributed by atoms with Crippen molar-refractivity contribution >= 4 is 17.6 Å². The lowest BCUT2D eigenvalue weighted by atomic mass is 10.2. The summed E-state index contributed by atoms with van der Waals surface area (Å²) in [5.41, 5.74) is 1.57. The SMILES string of the molecule is Cc1cccc(N/C=C(/C#N)C(=O)NC(C)C(=O)O)c1. The zero-order valence-corrected chi connectivity index (χ0v) is 11.2. The molecule has 0 fully saturated rings. The quantitative estimate of drug-likeness (QED) is 0.556. The molecule has 104 valence electrons. The normalized spacial score (nSPS) is 12.2. The van der Waals surface area contributed by atoms with Gasteiger partial charge in [-0.3, -0.25) is 9.59 Å². The Bertz CT molecular complexity index is 588. The number of carbonyl (C=O) groups is 2. The summed E-state index contributed by atoms with van der Waals surface area (Å²) in [4.78, 5) is 22.3. The van der Waals surface area contributed by atoms with E-state index in [2.05, 4.69) is 10.6 Å². The highest BCUT2D eigenvalue weighted by Crippen LogP contribution is 2.10. The third kappa shape index (κ3) is 4.46. The van der Waals surface area contributed by atoms with E-state index in [1.807, 2.05) is 25.1 Å². The highest BCUT2D eigenvalue weighted by molar-refractivity contribution is 5.99. The molecule has 0 heterocycles. The number of hydrogen-bond acceptors (Lipinski definition) is 4. The Kier molecular flexibility index (Phi) is 5.30. The smallest absolute Gasteiger partial charge is 0.325 e. The monoisotopic (exact) mass is 273 g/mol. The number of amides is 1. The fraction of sp³-hybridized carbons (Fsp3) is 0.214. The minimum Gasteiger partial charge on any atom is -0.480 e. The van der Waals surface area contributed by atoms with E-state index in [1.165, 1.54) is 13.1 Å². The number of nitriles is 1. The largest absolute Gasteiger partial charge is 0.480 e. The molecule has 6 nitrogen and oxygen atoms in total. The van der Waals surface area contributed by atoms with Gasteiger partial charge in [-0.2, -0.15) is 5.26 Å². The van der Waals surface area contributed by atoms with Crippen LogP contribution in [0, 0.1) is 18.3 Å². The second-order valence-corrected chi connectivity index (χ2v) is 4.22. The van der Waals surface area contributed by atoms with E-state index >= 15 is 0 Å². The lowest BCUT2D eigenvalue weighted by Gasteiger charge is -2.08. The maximum atomic E-state index is 11.7. The van der Waals surface area contributed by atoms with Gasteiger partial charge in [0.25, 0.3) is 5.91 Å². The average Bonchev–Trinajstić information content (AvgIpc) is 2.39. The van der Waals surface area contributed by atoms with Crippen molar-refractivity contribution in [1.82, 2.24) is 5.32 Å². The molecule has 0 aliphatic rings. The van der Waals surface area contributed by atoms with Gasteiger partial charge in [0.05, 0.1) is 0 Å². The molecule has 1 atom stereocenters. The summed E-state index contributed by atoms with van der Waals surface area (Å²) in [6.45, 7) is 3.24. The summed E-state index contributed by atoms with van der Waals surface area (Å²) in [7, 11) is 0. The number of anilines is 1. The van der Waals surface area contributed by atoms with Gasteiger partial charge in [0.2, 0.25) is 0 Å². The van der Waals surface area contributed by atoms with Crippen molar-refractivity contribution in [3.8, 4) is 6.07 Å². The van der Waals surface area contributed by atoms with E-state index in [4.69, 9.17) is 10.4 Å². The zero-order valence-electron chi connectivity index (χ0n) is 11.2. The van der Waals surface area contributed by atoms with Gasteiger partial charge in [-0.05, 0) is 31.5 Å². The highest BCUT2D eigenvalue weighted by Gasteiger charge is 2.16. The first-order valence-corrected chi connectivity index (χ1v) is 5.91. The van der Waals surface area contributed by atoms with E-state index in [0.717, 1.165) is 11.3 Å². The van der Waals surface area contributed by atoms with Crippen molar-refractivity contribution in [3.63, 3.8) is 0 Å². The van der Waals surface area contributed by atoms with E-state index in [9.17, 15) is 9.59 Å². The summed E-state index contributed by atoms with van der Waals surface area (Å²) < 4.78 is 0. The van der Waals surface area contributed by atoms with Crippen LogP contribution in [0.25, 0.3) is 0 Å². The third-order valence-corrected chi connectivity index (χ3v) is 2.48. The molecule has 3 N–H and O–H groups in total. The van der Waals surface area contributed by atoms with Crippen LogP contribution in [0.5, 0.6) is 0 Å². The number of carbonyl (C=O) groups excluding carboxylic acids is 1. The summed E-state index contributed by atoms with van der Waals surface area (Å²) in [6.07, 6.45) is 1.25. The van der Waals surface area contributed by atoms with Crippen LogP contribution in [0.2, 0.25) is 0 Å². The molecule has 6 heteroatoms. The predicted molar refractivity (Wildman–Crippen MR) is 73.7 cm³/mol. The molecule has 1 aromatic carbocycles. The fourth-order valence-corrected chi connectivity index (χ4v) is 1.38. The van der Waals surface area contributed by atoms with E-state index in [0.29, 0.717) is 0 Å². The van der Waals surface area contributed by atoms with Crippen molar-refractivity contribution in [2.75, 3.05) is 5.32 Å². The first kappa shape index (κ1) is 15.2. The molecule has 20 heavy (non-hydrogen) atoms. The molecule has 0 radical (unpaired) electrons. The van der Waals surface area contributed by atoms with Crippen molar-refractivity contribution in [3.05, 3.63) is 41.6 Å². The van der Waals surface area contributed by atoms with Crippen LogP contribution in [0.4, 0.5) is 5.69 Å². The summed E-state index contributed by atoms with van der Waals surface area (Å²) in [5, 5.41) is 22.6. The zero-order chi connectivity index (χ0) is 15.1. The Morgan fingerprint density at radius 3 is 2.70 bits per heavy atom. The van der Waals surface area contributed by atoms with Crippen molar-refractivity contribution < 1.29 is 14.7 Å². The van der Waals surface area contributed by atoms with Gasteiger partial charge in [0, 0.05) is 11.9 Å². The van der Waals surface area contributed by atoms with Gasteiger partial charge in [-0.25, -0.2) is 0 Å². The fourth-order valence-electron chi connectivity index (χ4n) is 1.38. The Hall–Kier alpha value is -2.81. The Labute approximate surface area is 116 Å². The molecule has 0 aromatic heterocycles. The van der Waals surface area contributed by atoms with E-state index in [-0.39, 0.29) is 5.57 Å². The van der Waals surface area contributed by atoms with Crippen LogP contribution in [0.1, 0.15) is 12.5 Å². The molecule has 0 aliphatic carbocycles. The van der Waals surface area contributed by atoms with Crippen molar-refractivity contribution in [2.24, 2.45) is 0 Å². The minimum absolute atomic E-state index is 0.195. The molecule has 0 aliphatic heterocycles. The number of nitrogens with one attached hydrogen (secondary N) is 2. The van der Waals surface area contributed by atoms with Gasteiger partial charge < -0.3 is 15.7 Å². The average molecular weight is 273 g/mol. The molecule has 0 saturated carbocycles. The second kappa shape index (κ2) is 6.95. The van der Waals surface area contributed by atoms with Crippen LogP contribution in [-0.4, -0.2) is 23.0 Å². The molecule has 1 rings (SSSR count). The number of benzene rings is 1. The van der Waals surface area contributed by atoms with Crippen molar-refractivity contribution in [2.45, 2.75) is 19.9 Å². The van der Waals surface area contributed by atoms with Gasteiger partial charge in [-0.1, -0.05) is 12.1 Å². The van der Waals surface area contributed by atoms with Gasteiger partial charge in [0.15, 0.2) is 0 Å². The number of rotatable bonds is 5. The number of aliphatic carboxylic acids is 1. The molecule has 0 spiro atoms. The van der Waals surface area contributed by atoms with Gasteiger partial charge >= 0.3 is 5.97 Å². The van der Waals surface area contributed by atoms with Crippen LogP contribution < -0.4 is 10.6 Å². The minimum atomic E-state index is -1.16. The predicted octanol–water partition coefficient (Wildman–Crippen LogP) is 1.40. The Morgan fingerprint density at radius 2 is 2.15 bits per heavy atom. The summed E-state index contributed by atoms with van der Waals surface area (Å²) in [5.74, 6) is -1.90. The molecular weight excluding hydrogens is 258 g/mol. The van der Waals surface area contributed by atoms with Crippen LogP contribution in [0.15, 0.2) is 36.0 Å². The number of aryl methyl sites for hydroxylation is 1. The van der Waals surface area contributed by atoms with E-state index in [1.54, 1.807) is 12.1 Å². The topological polar surface area (TPSA) is 102 Å². The lowest BCUT2D eigenvalue weighted by molar-refractivity contribution is -0.140. The van der Waals surface area contributed by atoms with E-state index < -0.39 is 17.9 Å². The van der Waals surface area contributed by atoms with Crippen molar-refractivity contribution in [1.29, 1.82) is 5.26 Å². The first-order valence-electron chi connectivity index (χ1n) is 5.91. The van der Waals surface area contributed by atoms with Crippen LogP contribution >= 0.6 is 0 Å². The molecule has 0 saturated heterocycles. The lowest BCUT2D eigenvalue weighted by Crippen LogP contribution is -2.39. The number of carboxylic acids is 1.